The standard InChI is InChI=1S/C14H19F2NO2/c1-10(11-6-3-2-4-7-11)17-14(19)9-5-8-13(15,16)12(14)18/h2-4,6-7,10,12,17-19H,5,8-9H2,1H3/t10-,12+,14?/m1/s1. The molecular weight excluding hydrogens is 252 g/mol. The molecule has 0 aromatic heterocycles. The maximum atomic E-state index is 13.5. The first-order chi connectivity index (χ1) is 8.85. The maximum absolute atomic E-state index is 13.5. The minimum atomic E-state index is -3.25. The largest absolute Gasteiger partial charge is 0.382 e. The van der Waals surface area contributed by atoms with Crippen molar-refractivity contribution in [1.29, 1.82) is 0 Å². The number of aliphatic hydroxyl groups is 2. The number of aliphatic hydroxyl groups excluding tert-OH is 1. The number of nitrogens with one attached hydrogen (secondary N) is 1. The summed E-state index contributed by atoms with van der Waals surface area (Å²) in [5.74, 6) is -3.25. The Hall–Kier alpha value is -1.04. The van der Waals surface area contributed by atoms with E-state index in [9.17, 15) is 19.0 Å². The summed E-state index contributed by atoms with van der Waals surface area (Å²) in [5.41, 5.74) is -1.08. The Labute approximate surface area is 111 Å². The van der Waals surface area contributed by atoms with Gasteiger partial charge in [-0.25, -0.2) is 8.78 Å². The van der Waals surface area contributed by atoms with E-state index in [1.165, 1.54) is 0 Å². The summed E-state index contributed by atoms with van der Waals surface area (Å²) in [5, 5.41) is 22.7. The number of hydrogen-bond acceptors (Lipinski definition) is 3. The molecule has 3 nitrogen and oxygen atoms in total. The lowest BCUT2D eigenvalue weighted by Crippen LogP contribution is -2.63. The first-order valence-corrected chi connectivity index (χ1v) is 6.46. The highest BCUT2D eigenvalue weighted by Gasteiger charge is 2.54. The van der Waals surface area contributed by atoms with Crippen LogP contribution in [0.5, 0.6) is 0 Å². The van der Waals surface area contributed by atoms with Crippen molar-refractivity contribution in [1.82, 2.24) is 5.32 Å². The molecule has 1 unspecified atom stereocenters. The van der Waals surface area contributed by atoms with Gasteiger partial charge in [-0.2, -0.15) is 0 Å². The van der Waals surface area contributed by atoms with Crippen LogP contribution >= 0.6 is 0 Å². The van der Waals surface area contributed by atoms with E-state index in [-0.39, 0.29) is 18.9 Å². The average molecular weight is 271 g/mol. The molecule has 0 radical (unpaired) electrons. The van der Waals surface area contributed by atoms with E-state index >= 15 is 0 Å². The predicted octanol–water partition coefficient (Wildman–Crippen LogP) is 2.21. The zero-order valence-corrected chi connectivity index (χ0v) is 10.8. The van der Waals surface area contributed by atoms with Gasteiger partial charge in [0.25, 0.3) is 5.92 Å². The van der Waals surface area contributed by atoms with Gasteiger partial charge < -0.3 is 10.2 Å². The summed E-state index contributed by atoms with van der Waals surface area (Å²) in [6.07, 6.45) is -2.19. The Morgan fingerprint density at radius 1 is 1.26 bits per heavy atom. The van der Waals surface area contributed by atoms with E-state index in [1.807, 2.05) is 30.3 Å². The SMILES string of the molecule is C[C@@H](NC1(O)CCCC(F)(F)[C@@H]1O)c1ccccc1. The van der Waals surface area contributed by atoms with Gasteiger partial charge in [-0.1, -0.05) is 30.3 Å². The van der Waals surface area contributed by atoms with Gasteiger partial charge in [-0.15, -0.1) is 0 Å². The molecule has 1 aromatic carbocycles. The van der Waals surface area contributed by atoms with Crippen molar-refractivity contribution in [3.8, 4) is 0 Å². The Kier molecular flexibility index (Phi) is 3.90. The molecule has 3 atom stereocenters. The van der Waals surface area contributed by atoms with Crippen LogP contribution in [-0.2, 0) is 0 Å². The fraction of sp³-hybridized carbons (Fsp3) is 0.571. The molecule has 0 amide bonds. The van der Waals surface area contributed by atoms with Gasteiger partial charge in [-0.3, -0.25) is 5.32 Å². The Morgan fingerprint density at radius 3 is 2.53 bits per heavy atom. The Morgan fingerprint density at radius 2 is 1.89 bits per heavy atom. The van der Waals surface area contributed by atoms with Crippen LogP contribution in [0, 0.1) is 0 Å². The first kappa shape index (κ1) is 14.4. The summed E-state index contributed by atoms with van der Waals surface area (Å²) in [6.45, 7) is 1.77. The van der Waals surface area contributed by atoms with Crippen molar-refractivity contribution < 1.29 is 19.0 Å². The third-order valence-corrected chi connectivity index (χ3v) is 3.69. The molecule has 1 fully saturated rings. The van der Waals surface area contributed by atoms with E-state index in [4.69, 9.17) is 0 Å². The van der Waals surface area contributed by atoms with Crippen LogP contribution in [0.2, 0.25) is 0 Å². The first-order valence-electron chi connectivity index (χ1n) is 6.46. The summed E-state index contributed by atoms with van der Waals surface area (Å²) < 4.78 is 27.0. The fourth-order valence-electron chi connectivity index (χ4n) is 2.57. The number of halogens is 2. The van der Waals surface area contributed by atoms with Gasteiger partial charge in [0, 0.05) is 12.5 Å². The molecule has 0 saturated heterocycles. The zero-order chi connectivity index (χ0) is 14.1. The van der Waals surface area contributed by atoms with Crippen LogP contribution in [0.4, 0.5) is 8.78 Å². The van der Waals surface area contributed by atoms with E-state index in [0.717, 1.165) is 5.56 Å². The van der Waals surface area contributed by atoms with Crippen LogP contribution in [0.1, 0.15) is 37.8 Å². The van der Waals surface area contributed by atoms with Crippen molar-refractivity contribution in [2.24, 2.45) is 0 Å². The molecule has 1 aliphatic carbocycles. The molecule has 3 N–H and O–H groups in total. The number of rotatable bonds is 3. The number of hydrogen-bond donors (Lipinski definition) is 3. The van der Waals surface area contributed by atoms with Crippen LogP contribution in [0.15, 0.2) is 30.3 Å². The van der Waals surface area contributed by atoms with E-state index in [1.54, 1.807) is 6.92 Å². The van der Waals surface area contributed by atoms with Crippen molar-refractivity contribution in [3.05, 3.63) is 35.9 Å². The molecule has 0 heterocycles. The van der Waals surface area contributed by atoms with Gasteiger partial charge in [0.1, 0.15) is 5.72 Å². The minimum absolute atomic E-state index is 0.112. The molecule has 0 aliphatic heterocycles. The molecule has 2 rings (SSSR count). The number of alkyl halides is 2. The highest BCUT2D eigenvalue weighted by molar-refractivity contribution is 5.19. The smallest absolute Gasteiger partial charge is 0.277 e. The normalized spacial score (nSPS) is 31.9. The monoisotopic (exact) mass is 271 g/mol. The Balaban J connectivity index is 2.13. The second-order valence-corrected chi connectivity index (χ2v) is 5.22. The molecule has 1 aliphatic rings. The molecule has 5 heteroatoms. The second-order valence-electron chi connectivity index (χ2n) is 5.22. The van der Waals surface area contributed by atoms with Crippen molar-refractivity contribution in [2.45, 2.75) is 50.0 Å². The fourth-order valence-corrected chi connectivity index (χ4v) is 2.57. The van der Waals surface area contributed by atoms with E-state index < -0.39 is 24.2 Å². The minimum Gasteiger partial charge on any atom is -0.382 e. The highest BCUT2D eigenvalue weighted by atomic mass is 19.3. The van der Waals surface area contributed by atoms with Gasteiger partial charge in [0.15, 0.2) is 6.10 Å². The quantitative estimate of drug-likeness (QED) is 0.739. The molecular formula is C14H19F2NO2. The molecule has 1 aromatic rings. The van der Waals surface area contributed by atoms with Crippen molar-refractivity contribution in [3.63, 3.8) is 0 Å². The molecule has 106 valence electrons. The lowest BCUT2D eigenvalue weighted by atomic mass is 9.85. The van der Waals surface area contributed by atoms with Gasteiger partial charge in [-0.05, 0) is 25.3 Å². The molecule has 1 saturated carbocycles. The topological polar surface area (TPSA) is 52.5 Å². The third-order valence-electron chi connectivity index (χ3n) is 3.69. The predicted molar refractivity (Wildman–Crippen MR) is 67.7 cm³/mol. The van der Waals surface area contributed by atoms with Gasteiger partial charge in [0.2, 0.25) is 0 Å². The third kappa shape index (κ3) is 2.94. The Bertz CT molecular complexity index is 427. The van der Waals surface area contributed by atoms with Crippen LogP contribution in [-0.4, -0.2) is 28.0 Å². The summed E-state index contributed by atoms with van der Waals surface area (Å²) in [6, 6.07) is 8.89. The van der Waals surface area contributed by atoms with Crippen LogP contribution < -0.4 is 5.32 Å². The van der Waals surface area contributed by atoms with Crippen molar-refractivity contribution in [2.75, 3.05) is 0 Å². The maximum Gasteiger partial charge on any atom is 0.277 e. The number of benzene rings is 1. The highest BCUT2D eigenvalue weighted by Crippen LogP contribution is 2.39. The second kappa shape index (κ2) is 5.15. The lowest BCUT2D eigenvalue weighted by Gasteiger charge is -2.43. The van der Waals surface area contributed by atoms with Gasteiger partial charge in [0.05, 0.1) is 0 Å². The molecule has 0 bridgehead atoms. The van der Waals surface area contributed by atoms with Gasteiger partial charge >= 0.3 is 0 Å². The zero-order valence-electron chi connectivity index (χ0n) is 10.8. The van der Waals surface area contributed by atoms with E-state index in [2.05, 4.69) is 5.32 Å². The average Bonchev–Trinajstić information content (AvgIpc) is 2.37. The van der Waals surface area contributed by atoms with Crippen LogP contribution in [0.25, 0.3) is 0 Å². The molecule has 0 spiro atoms. The summed E-state index contributed by atoms with van der Waals surface area (Å²) in [7, 11) is 0. The lowest BCUT2D eigenvalue weighted by molar-refractivity contribution is -0.232. The summed E-state index contributed by atoms with van der Waals surface area (Å²) in [4.78, 5) is 0. The summed E-state index contributed by atoms with van der Waals surface area (Å²) >= 11 is 0. The molecule has 19 heavy (non-hydrogen) atoms. The van der Waals surface area contributed by atoms with Crippen LogP contribution in [0.3, 0.4) is 0 Å². The van der Waals surface area contributed by atoms with Crippen molar-refractivity contribution >= 4 is 0 Å². The van der Waals surface area contributed by atoms with E-state index in [0.29, 0.717) is 0 Å².